The molecule has 4 heterocycles. The molecule has 350 valence electrons. The fraction of sp³-hybridized carbons (Fsp3) is 0.960. The summed E-state index contributed by atoms with van der Waals surface area (Å²) in [4.78, 5) is 37.1. The molecule has 2 N–H and O–H groups in total. The summed E-state index contributed by atoms with van der Waals surface area (Å²) >= 11 is 0. The van der Waals surface area contributed by atoms with Gasteiger partial charge in [-0.2, -0.15) is 0 Å². The summed E-state index contributed by atoms with van der Waals surface area (Å²) in [5, 5.41) is 7.74. The van der Waals surface area contributed by atoms with Crippen LogP contribution in [0.2, 0.25) is 0 Å². The number of ether oxygens (including phenoxy) is 2. The number of hydrogen-bond acceptors (Lipinski definition) is 10. The Balaban J connectivity index is 1.34. The van der Waals surface area contributed by atoms with Gasteiger partial charge in [0.2, 0.25) is 0 Å². The van der Waals surface area contributed by atoms with E-state index in [2.05, 4.69) is 155 Å². The van der Waals surface area contributed by atoms with Crippen molar-refractivity contribution in [2.45, 2.75) is 269 Å². The summed E-state index contributed by atoms with van der Waals surface area (Å²) in [5.41, 5.74) is 0.0582. The second-order valence-corrected chi connectivity index (χ2v) is 25.3. The number of hydrogen-bond donors (Lipinski definition) is 2. The first-order valence-electron chi connectivity index (χ1n) is 24.2. The summed E-state index contributed by atoms with van der Waals surface area (Å²) in [5.74, 6) is -0.109. The third-order valence-corrected chi connectivity index (χ3v) is 15.4. The molecule has 10 nitrogen and oxygen atoms in total. The Morgan fingerprint density at radius 3 is 0.983 bits per heavy atom. The average Bonchev–Trinajstić information content (AvgIpc) is 3.03. The zero-order valence-corrected chi connectivity index (χ0v) is 42.5. The lowest BCUT2D eigenvalue weighted by atomic mass is 9.78. The molecule has 0 unspecified atom stereocenters. The van der Waals surface area contributed by atoms with Crippen LogP contribution >= 0.6 is 0 Å². The highest BCUT2D eigenvalue weighted by molar-refractivity contribution is 5.70. The Bertz CT molecular complexity index is 1260. The van der Waals surface area contributed by atoms with Crippen LogP contribution in [0, 0.1) is 0 Å². The van der Waals surface area contributed by atoms with Gasteiger partial charge in [-0.05, 0) is 176 Å². The van der Waals surface area contributed by atoms with E-state index in [-0.39, 0.29) is 68.5 Å². The van der Waals surface area contributed by atoms with E-state index in [1.807, 2.05) is 0 Å². The number of carbonyl (C=O) groups excluding carboxylic acids is 2. The van der Waals surface area contributed by atoms with Crippen molar-refractivity contribution in [2.24, 2.45) is 0 Å². The molecule has 4 aliphatic heterocycles. The van der Waals surface area contributed by atoms with Crippen LogP contribution in [-0.2, 0) is 19.1 Å². The van der Waals surface area contributed by atoms with Crippen molar-refractivity contribution < 1.29 is 19.1 Å². The standard InChI is InChI=1S/C50H96N6O4/c1-43(2)29-37(30-44(3,4)51-43)55(27-23-41(57)59-39-33-47(9,10)53(17)48(11,12)34-39)25-21-19-20-22-26-56(38-31-45(5,6)52-46(7,8)32-38)28-24-42(58)60-40-35-49(13,14)54(18)50(15,16)36-40/h37-40,51-52H,19-36H2,1-18H3. The Labute approximate surface area is 369 Å². The predicted molar refractivity (Wildman–Crippen MR) is 250 cm³/mol. The maximum absolute atomic E-state index is 13.5. The van der Waals surface area contributed by atoms with Gasteiger partial charge in [0.05, 0.1) is 12.8 Å². The lowest BCUT2D eigenvalue weighted by Crippen LogP contribution is -2.62. The van der Waals surface area contributed by atoms with Gasteiger partial charge in [0.1, 0.15) is 12.2 Å². The minimum atomic E-state index is -0.0547. The number of likely N-dealkylation sites (tertiary alicyclic amines) is 2. The molecule has 0 aromatic heterocycles. The van der Waals surface area contributed by atoms with Crippen molar-refractivity contribution in [2.75, 3.05) is 40.3 Å². The largest absolute Gasteiger partial charge is 0.462 e. The second-order valence-electron chi connectivity index (χ2n) is 25.3. The Kier molecular flexibility index (Phi) is 16.3. The Morgan fingerprint density at radius 2 is 0.717 bits per heavy atom. The first-order valence-corrected chi connectivity index (χ1v) is 24.2. The van der Waals surface area contributed by atoms with E-state index in [9.17, 15) is 9.59 Å². The molecule has 0 atom stereocenters. The zero-order chi connectivity index (χ0) is 45.3. The molecule has 0 spiro atoms. The van der Waals surface area contributed by atoms with E-state index in [0.717, 1.165) is 103 Å². The van der Waals surface area contributed by atoms with Crippen LogP contribution in [0.1, 0.15) is 201 Å². The third-order valence-electron chi connectivity index (χ3n) is 15.4. The van der Waals surface area contributed by atoms with E-state index >= 15 is 0 Å². The molecular formula is C50H96N6O4. The molecule has 60 heavy (non-hydrogen) atoms. The number of esters is 2. The lowest BCUT2D eigenvalue weighted by Gasteiger charge is -2.53. The molecule has 0 aromatic carbocycles. The number of piperidine rings is 4. The fourth-order valence-electron chi connectivity index (χ4n) is 12.7. The summed E-state index contributed by atoms with van der Waals surface area (Å²) in [6.45, 7) is 40.2. The van der Waals surface area contributed by atoms with Crippen molar-refractivity contribution >= 4 is 11.9 Å². The number of carbonyl (C=O) groups is 2. The number of unbranched alkanes of at least 4 members (excludes halogenated alkanes) is 3. The van der Waals surface area contributed by atoms with E-state index in [1.165, 1.54) is 0 Å². The minimum absolute atomic E-state index is 0.0176. The van der Waals surface area contributed by atoms with Crippen molar-refractivity contribution in [3.05, 3.63) is 0 Å². The Morgan fingerprint density at radius 1 is 0.450 bits per heavy atom. The predicted octanol–water partition coefficient (Wildman–Crippen LogP) is 8.94. The van der Waals surface area contributed by atoms with E-state index < -0.39 is 0 Å². The topological polar surface area (TPSA) is 89.6 Å². The van der Waals surface area contributed by atoms with Gasteiger partial charge >= 0.3 is 11.9 Å². The van der Waals surface area contributed by atoms with Gasteiger partial charge in [-0.25, -0.2) is 0 Å². The number of nitrogens with zero attached hydrogens (tertiary/aromatic N) is 4. The molecular weight excluding hydrogens is 749 g/mol. The highest BCUT2D eigenvalue weighted by Crippen LogP contribution is 2.40. The smallest absolute Gasteiger partial charge is 0.307 e. The number of rotatable bonds is 17. The SMILES string of the molecule is CN1C(C)(C)CC(OC(=O)CCN(CCCCCCN(CCC(=O)OC2CC(C)(C)N(C)C(C)(C)C2)C2CC(C)(C)NC(C)(C)C2)C2CC(C)(C)NC(C)(C)C2)CC1(C)C. The minimum Gasteiger partial charge on any atom is -0.462 e. The second kappa shape index (κ2) is 19.0. The molecule has 0 aliphatic carbocycles. The molecule has 0 amide bonds. The zero-order valence-electron chi connectivity index (χ0n) is 42.5. The van der Waals surface area contributed by atoms with Gasteiger partial charge in [0.15, 0.2) is 0 Å². The van der Waals surface area contributed by atoms with Crippen LogP contribution in [0.3, 0.4) is 0 Å². The highest BCUT2D eigenvalue weighted by atomic mass is 16.5. The molecule has 0 bridgehead atoms. The summed E-state index contributed by atoms with van der Waals surface area (Å²) < 4.78 is 12.5. The highest BCUT2D eigenvalue weighted by Gasteiger charge is 2.46. The van der Waals surface area contributed by atoms with E-state index in [1.54, 1.807) is 0 Å². The van der Waals surface area contributed by atoms with E-state index in [4.69, 9.17) is 9.47 Å². The van der Waals surface area contributed by atoms with Gasteiger partial charge in [-0.3, -0.25) is 29.2 Å². The molecule has 4 fully saturated rings. The molecule has 10 heteroatoms. The molecule has 4 rings (SSSR count). The summed E-state index contributed by atoms with van der Waals surface area (Å²) in [6, 6.07) is 0.831. The fourth-order valence-corrected chi connectivity index (χ4v) is 12.7. The van der Waals surface area contributed by atoms with Crippen LogP contribution in [0.15, 0.2) is 0 Å². The lowest BCUT2D eigenvalue weighted by molar-refractivity contribution is -0.160. The quantitative estimate of drug-likeness (QED) is 0.109. The monoisotopic (exact) mass is 845 g/mol. The van der Waals surface area contributed by atoms with Gasteiger partial charge < -0.3 is 20.1 Å². The summed E-state index contributed by atoms with van der Waals surface area (Å²) in [6.07, 6.45) is 13.0. The van der Waals surface area contributed by atoms with Crippen LogP contribution in [0.5, 0.6) is 0 Å². The van der Waals surface area contributed by atoms with Crippen LogP contribution in [0.25, 0.3) is 0 Å². The maximum atomic E-state index is 13.5. The molecule has 4 saturated heterocycles. The van der Waals surface area contributed by atoms with Crippen LogP contribution < -0.4 is 10.6 Å². The molecule has 0 aromatic rings. The summed E-state index contributed by atoms with van der Waals surface area (Å²) in [7, 11) is 4.39. The van der Waals surface area contributed by atoms with Gasteiger partial charge in [0.25, 0.3) is 0 Å². The van der Waals surface area contributed by atoms with Gasteiger partial charge in [-0.1, -0.05) is 12.8 Å². The van der Waals surface area contributed by atoms with Crippen molar-refractivity contribution in [1.29, 1.82) is 0 Å². The van der Waals surface area contributed by atoms with Crippen molar-refractivity contribution in [3.8, 4) is 0 Å². The number of nitrogens with one attached hydrogen (secondary N) is 2. The maximum Gasteiger partial charge on any atom is 0.307 e. The van der Waals surface area contributed by atoms with Gasteiger partial charge in [-0.15, -0.1) is 0 Å². The van der Waals surface area contributed by atoms with Crippen molar-refractivity contribution in [1.82, 2.24) is 30.2 Å². The van der Waals surface area contributed by atoms with Gasteiger partial charge in [0, 0.05) is 95.2 Å². The first kappa shape index (κ1) is 51.3. The Hall–Kier alpha value is -1.30. The first-order chi connectivity index (χ1) is 27.2. The molecule has 4 aliphatic rings. The average molecular weight is 845 g/mol. The van der Waals surface area contributed by atoms with Crippen LogP contribution in [0.4, 0.5) is 0 Å². The van der Waals surface area contributed by atoms with Crippen molar-refractivity contribution in [3.63, 3.8) is 0 Å². The van der Waals surface area contributed by atoms with E-state index in [0.29, 0.717) is 24.9 Å². The normalized spacial score (nSPS) is 26.9. The van der Waals surface area contributed by atoms with Crippen LogP contribution in [-0.4, -0.2) is 140 Å². The molecule has 0 radical (unpaired) electrons. The third kappa shape index (κ3) is 14.6. The molecule has 0 saturated carbocycles.